The fourth-order valence-corrected chi connectivity index (χ4v) is 1.93. The number of phosphoric acid groups is 1. The van der Waals surface area contributed by atoms with Crippen LogP contribution in [0.15, 0.2) is 23.1 Å². The standard InChI is InChI=1S/C6H5IO5S.H3O4P/c8-6-3-4(13(10,11)12)1-2-5(6)7-9;1-5(2,3)4/h1-3,8H,(H,10,11,12);(H3,1,2,3,4). The van der Waals surface area contributed by atoms with Crippen LogP contribution in [0.4, 0.5) is 0 Å². The van der Waals surface area contributed by atoms with Gasteiger partial charge in [0.1, 0.15) is 5.75 Å². The second kappa shape index (κ2) is 6.65. The van der Waals surface area contributed by atoms with E-state index in [0.29, 0.717) is 0 Å². The zero-order valence-corrected chi connectivity index (χ0v) is 12.2. The van der Waals surface area contributed by atoms with Crippen LogP contribution in [0.3, 0.4) is 0 Å². The number of hydrogen-bond donors (Lipinski definition) is 5. The summed E-state index contributed by atoms with van der Waals surface area (Å²) in [5, 5.41) is 9.11. The Labute approximate surface area is 112 Å². The zero-order valence-electron chi connectivity index (χ0n) is 8.33. The molecule has 0 bridgehead atoms. The lowest BCUT2D eigenvalue weighted by Gasteiger charge is -1.98. The fraction of sp³-hybridized carbons (Fsp3) is 0. The monoisotopic (exact) mass is 414 g/mol. The third-order valence-corrected chi connectivity index (χ3v) is 3.53. The van der Waals surface area contributed by atoms with E-state index in [-0.39, 0.29) is 9.32 Å². The van der Waals surface area contributed by atoms with Gasteiger partial charge in [0.15, 0.2) is 21.2 Å². The fourth-order valence-electron chi connectivity index (χ4n) is 0.718. The maximum absolute atomic E-state index is 10.6. The van der Waals surface area contributed by atoms with Gasteiger partial charge in [0, 0.05) is 6.07 Å². The van der Waals surface area contributed by atoms with Gasteiger partial charge in [-0.15, -0.1) is 0 Å². The van der Waals surface area contributed by atoms with Gasteiger partial charge in [-0.2, -0.15) is 8.42 Å². The van der Waals surface area contributed by atoms with E-state index in [2.05, 4.69) is 0 Å². The highest BCUT2D eigenvalue weighted by Crippen LogP contribution is 2.26. The zero-order chi connectivity index (χ0) is 14.6. The molecule has 1 rings (SSSR count). The summed E-state index contributed by atoms with van der Waals surface area (Å²) in [5.74, 6) is -0.377. The van der Waals surface area contributed by atoms with Crippen LogP contribution in [0.5, 0.6) is 5.75 Å². The van der Waals surface area contributed by atoms with Crippen LogP contribution >= 0.6 is 29.0 Å². The molecular weight excluding hydrogens is 406 g/mol. The molecule has 0 heterocycles. The van der Waals surface area contributed by atoms with Crippen molar-refractivity contribution >= 4 is 39.1 Å². The highest BCUT2D eigenvalue weighted by molar-refractivity contribution is 14.1. The molecule has 18 heavy (non-hydrogen) atoms. The minimum atomic E-state index is -4.64. The average Bonchev–Trinajstić information content (AvgIpc) is 2.13. The molecule has 12 heteroatoms. The first-order chi connectivity index (χ1) is 7.95. The lowest BCUT2D eigenvalue weighted by molar-refractivity contribution is 0.275. The number of rotatable bonds is 2. The predicted octanol–water partition coefficient (Wildman–Crippen LogP) is 0.196. The van der Waals surface area contributed by atoms with Crippen LogP contribution in [0.2, 0.25) is 0 Å². The molecule has 0 unspecified atom stereocenters. The molecule has 5 N–H and O–H groups in total. The van der Waals surface area contributed by atoms with E-state index in [9.17, 15) is 11.5 Å². The quantitative estimate of drug-likeness (QED) is 0.258. The van der Waals surface area contributed by atoms with Gasteiger partial charge < -0.3 is 19.8 Å². The van der Waals surface area contributed by atoms with Crippen LogP contribution in [-0.4, -0.2) is 32.8 Å². The lowest BCUT2D eigenvalue weighted by atomic mass is 10.3. The van der Waals surface area contributed by atoms with Crippen LogP contribution in [0, 0.1) is 3.57 Å². The average molecular weight is 414 g/mol. The summed E-state index contributed by atoms with van der Waals surface area (Å²) < 4.78 is 49.2. The van der Waals surface area contributed by atoms with Crippen LogP contribution in [-0.2, 0) is 17.8 Å². The van der Waals surface area contributed by atoms with Gasteiger partial charge in [-0.25, -0.2) is 4.57 Å². The number of hydrogen-bond acceptors (Lipinski definition) is 5. The van der Waals surface area contributed by atoms with Crippen LogP contribution < -0.4 is 0 Å². The van der Waals surface area contributed by atoms with Crippen molar-refractivity contribution in [3.8, 4) is 5.75 Å². The maximum Gasteiger partial charge on any atom is 0.466 e. The Bertz CT molecular complexity index is 568. The molecule has 0 saturated heterocycles. The molecule has 0 spiro atoms. The number of benzene rings is 1. The summed E-state index contributed by atoms with van der Waals surface area (Å²) in [4.78, 5) is 21.2. The summed E-state index contributed by atoms with van der Waals surface area (Å²) >= 11 is -1.54. The van der Waals surface area contributed by atoms with E-state index < -0.39 is 44.0 Å². The first-order valence-electron chi connectivity index (χ1n) is 3.81. The SMILES string of the molecule is O=Ic1ccc(S(=O)(=O)O)cc1O.O=P(O)(O)O. The van der Waals surface area contributed by atoms with Gasteiger partial charge in [-0.3, -0.25) is 7.62 Å². The molecule has 0 radical (unpaired) electrons. The Morgan fingerprint density at radius 2 is 1.61 bits per heavy atom. The Morgan fingerprint density at radius 1 is 1.17 bits per heavy atom. The summed E-state index contributed by atoms with van der Waals surface area (Å²) in [6.07, 6.45) is 0. The van der Waals surface area contributed by atoms with Gasteiger partial charge in [0.25, 0.3) is 10.1 Å². The van der Waals surface area contributed by atoms with Crippen molar-refractivity contribution < 1.29 is 40.4 Å². The number of phenols is 1. The van der Waals surface area contributed by atoms with Crippen molar-refractivity contribution in [1.29, 1.82) is 0 Å². The van der Waals surface area contributed by atoms with E-state index in [4.69, 9.17) is 28.9 Å². The molecule has 0 saturated carbocycles. The van der Waals surface area contributed by atoms with Crippen molar-refractivity contribution in [2.24, 2.45) is 0 Å². The lowest BCUT2D eigenvalue weighted by Crippen LogP contribution is -1.97. The minimum absolute atomic E-state index is 0.200. The summed E-state index contributed by atoms with van der Waals surface area (Å²) in [6.45, 7) is 0. The number of phenolic OH excluding ortho intramolecular Hbond substituents is 1. The van der Waals surface area contributed by atoms with Gasteiger partial charge in [-0.05, 0) is 12.1 Å². The van der Waals surface area contributed by atoms with E-state index in [1.165, 1.54) is 6.07 Å². The molecule has 0 aliphatic rings. The van der Waals surface area contributed by atoms with Crippen molar-refractivity contribution in [1.82, 2.24) is 0 Å². The molecule has 1 aromatic carbocycles. The van der Waals surface area contributed by atoms with Gasteiger partial charge >= 0.3 is 7.82 Å². The Morgan fingerprint density at radius 3 is 1.89 bits per heavy atom. The van der Waals surface area contributed by atoms with E-state index >= 15 is 0 Å². The van der Waals surface area contributed by atoms with Crippen LogP contribution in [0.1, 0.15) is 0 Å². The third kappa shape index (κ3) is 7.81. The minimum Gasteiger partial charge on any atom is -0.507 e. The highest BCUT2D eigenvalue weighted by atomic mass is 127. The van der Waals surface area contributed by atoms with Crippen molar-refractivity contribution in [2.45, 2.75) is 4.90 Å². The number of aromatic hydroxyl groups is 1. The van der Waals surface area contributed by atoms with E-state index in [1.807, 2.05) is 0 Å². The highest BCUT2D eigenvalue weighted by Gasteiger charge is 2.12. The molecule has 0 aromatic heterocycles. The normalized spacial score (nSPS) is 11.6. The Kier molecular flexibility index (Phi) is 6.50. The van der Waals surface area contributed by atoms with Crippen LogP contribution in [0.25, 0.3) is 0 Å². The molecule has 0 amide bonds. The second-order valence-electron chi connectivity index (χ2n) is 2.68. The topological polar surface area (TPSA) is 169 Å². The van der Waals surface area contributed by atoms with E-state index in [0.717, 1.165) is 12.1 Å². The first kappa shape index (κ1) is 17.6. The van der Waals surface area contributed by atoms with Crippen molar-refractivity contribution in [3.05, 3.63) is 21.8 Å². The Balaban J connectivity index is 0.000000494. The largest absolute Gasteiger partial charge is 0.507 e. The third-order valence-electron chi connectivity index (χ3n) is 1.30. The first-order valence-corrected chi connectivity index (χ1v) is 8.77. The molecule has 1 aromatic rings. The molecule has 104 valence electrons. The summed E-state index contributed by atoms with van der Waals surface area (Å²) in [5.41, 5.74) is 0. The van der Waals surface area contributed by atoms with E-state index in [1.54, 1.807) is 0 Å². The number of halogens is 1. The van der Waals surface area contributed by atoms with Gasteiger partial charge in [0.2, 0.25) is 0 Å². The van der Waals surface area contributed by atoms with Crippen molar-refractivity contribution in [2.75, 3.05) is 0 Å². The molecule has 0 atom stereocenters. The summed E-state index contributed by atoms with van der Waals surface area (Å²) in [6, 6.07) is 3.16. The Hall–Kier alpha value is -0.430. The molecular formula is C6H8IO9PS. The maximum atomic E-state index is 10.6. The van der Waals surface area contributed by atoms with Gasteiger partial charge in [-0.1, -0.05) is 0 Å². The molecule has 9 nitrogen and oxygen atoms in total. The van der Waals surface area contributed by atoms with Gasteiger partial charge in [0.05, 0.1) is 8.47 Å². The molecule has 0 fully saturated rings. The second-order valence-corrected chi connectivity index (χ2v) is 6.73. The smallest absolute Gasteiger partial charge is 0.466 e. The molecule has 0 aliphatic carbocycles. The predicted molar refractivity (Wildman–Crippen MR) is 65.6 cm³/mol. The molecule has 0 aliphatic heterocycles. The van der Waals surface area contributed by atoms with Crippen molar-refractivity contribution in [3.63, 3.8) is 0 Å². The summed E-state index contributed by atoms with van der Waals surface area (Å²) in [7, 11) is -8.94.